The van der Waals surface area contributed by atoms with E-state index in [2.05, 4.69) is 0 Å². The summed E-state index contributed by atoms with van der Waals surface area (Å²) in [7, 11) is 0. The van der Waals surface area contributed by atoms with E-state index in [-0.39, 0.29) is 0 Å². The third-order valence-electron chi connectivity index (χ3n) is 1.65. The Balaban J connectivity index is 2.84. The average molecular weight is 187 g/mol. The first-order chi connectivity index (χ1) is 6.72. The molecule has 3 heteroatoms. The summed E-state index contributed by atoms with van der Waals surface area (Å²) in [5.74, 6) is -0.976. The summed E-state index contributed by atoms with van der Waals surface area (Å²) in [5, 5.41) is 16.9. The standard InChI is InChI=1S/C11H9NO2/c12-7-6-10-3-1-2-9(8-10)4-5-11(13)14/h1-5,8H,6H2,(H,13,14). The van der Waals surface area contributed by atoms with Crippen molar-refractivity contribution in [3.05, 3.63) is 41.5 Å². The minimum Gasteiger partial charge on any atom is -0.478 e. The number of benzene rings is 1. The van der Waals surface area contributed by atoms with Gasteiger partial charge in [0.1, 0.15) is 0 Å². The average Bonchev–Trinajstić information content (AvgIpc) is 2.16. The van der Waals surface area contributed by atoms with Crippen molar-refractivity contribution in [2.24, 2.45) is 0 Å². The molecule has 1 N–H and O–H groups in total. The zero-order valence-electron chi connectivity index (χ0n) is 7.47. The van der Waals surface area contributed by atoms with E-state index in [1.54, 1.807) is 18.2 Å². The molecule has 0 fully saturated rings. The summed E-state index contributed by atoms with van der Waals surface area (Å²) < 4.78 is 0. The van der Waals surface area contributed by atoms with Gasteiger partial charge in [-0.3, -0.25) is 0 Å². The molecule has 0 aliphatic heterocycles. The molecule has 0 bridgehead atoms. The zero-order chi connectivity index (χ0) is 10.4. The number of hydrogen-bond donors (Lipinski definition) is 1. The van der Waals surface area contributed by atoms with Crippen LogP contribution in [-0.4, -0.2) is 11.1 Å². The molecule has 1 aromatic rings. The lowest BCUT2D eigenvalue weighted by Gasteiger charge is -1.96. The molecule has 0 unspecified atom stereocenters. The highest BCUT2D eigenvalue weighted by Gasteiger charge is 1.93. The summed E-state index contributed by atoms with van der Waals surface area (Å²) in [6, 6.07) is 9.26. The maximum atomic E-state index is 10.2. The number of aliphatic carboxylic acids is 1. The van der Waals surface area contributed by atoms with Crippen molar-refractivity contribution in [2.75, 3.05) is 0 Å². The van der Waals surface area contributed by atoms with Crippen LogP contribution in [0.4, 0.5) is 0 Å². The molecule has 3 nitrogen and oxygen atoms in total. The van der Waals surface area contributed by atoms with Crippen LogP contribution in [0.25, 0.3) is 6.08 Å². The highest BCUT2D eigenvalue weighted by atomic mass is 16.4. The van der Waals surface area contributed by atoms with Gasteiger partial charge in [0.2, 0.25) is 0 Å². The second-order valence-electron chi connectivity index (χ2n) is 2.75. The van der Waals surface area contributed by atoms with Crippen molar-refractivity contribution in [1.29, 1.82) is 5.26 Å². The first kappa shape index (κ1) is 10.0. The van der Waals surface area contributed by atoms with Crippen LogP contribution in [-0.2, 0) is 11.2 Å². The highest BCUT2D eigenvalue weighted by Crippen LogP contribution is 2.07. The monoisotopic (exact) mass is 187 g/mol. The Kier molecular flexibility index (Phi) is 3.45. The number of carbonyl (C=O) groups is 1. The van der Waals surface area contributed by atoms with Crippen LogP contribution in [0.5, 0.6) is 0 Å². The lowest BCUT2D eigenvalue weighted by Crippen LogP contribution is -1.86. The number of nitrogens with zero attached hydrogens (tertiary/aromatic N) is 1. The van der Waals surface area contributed by atoms with E-state index >= 15 is 0 Å². The molecule has 14 heavy (non-hydrogen) atoms. The third kappa shape index (κ3) is 3.11. The number of hydrogen-bond acceptors (Lipinski definition) is 2. The summed E-state index contributed by atoms with van der Waals surface area (Å²) in [6.45, 7) is 0. The van der Waals surface area contributed by atoms with Gasteiger partial charge in [0.15, 0.2) is 0 Å². The van der Waals surface area contributed by atoms with E-state index in [4.69, 9.17) is 10.4 Å². The summed E-state index contributed by atoms with van der Waals surface area (Å²) in [4.78, 5) is 10.2. The SMILES string of the molecule is N#CCc1cccc(C=CC(=O)O)c1. The van der Waals surface area contributed by atoms with Crippen molar-refractivity contribution in [3.8, 4) is 6.07 Å². The van der Waals surface area contributed by atoms with Crippen molar-refractivity contribution >= 4 is 12.0 Å². The fourth-order valence-electron chi connectivity index (χ4n) is 1.07. The quantitative estimate of drug-likeness (QED) is 0.734. The molecule has 1 aromatic carbocycles. The molecular weight excluding hydrogens is 178 g/mol. The minimum absolute atomic E-state index is 0.342. The first-order valence-electron chi connectivity index (χ1n) is 4.09. The first-order valence-corrected chi connectivity index (χ1v) is 4.09. The molecule has 1 rings (SSSR count). The zero-order valence-corrected chi connectivity index (χ0v) is 7.47. The summed E-state index contributed by atoms with van der Waals surface area (Å²) in [6.07, 6.45) is 2.92. The van der Waals surface area contributed by atoms with Gasteiger partial charge in [-0.25, -0.2) is 4.79 Å². The van der Waals surface area contributed by atoms with Crippen LogP contribution in [0.1, 0.15) is 11.1 Å². The van der Waals surface area contributed by atoms with Crippen LogP contribution in [0.2, 0.25) is 0 Å². The molecule has 0 heterocycles. The van der Waals surface area contributed by atoms with E-state index in [1.165, 1.54) is 6.08 Å². The van der Waals surface area contributed by atoms with Gasteiger partial charge in [0.25, 0.3) is 0 Å². The molecule has 0 spiro atoms. The van der Waals surface area contributed by atoms with E-state index in [0.29, 0.717) is 6.42 Å². The second-order valence-corrected chi connectivity index (χ2v) is 2.75. The van der Waals surface area contributed by atoms with E-state index < -0.39 is 5.97 Å². The Labute approximate surface area is 81.9 Å². The number of carboxylic acid groups (broad SMARTS) is 1. The number of rotatable bonds is 3. The van der Waals surface area contributed by atoms with Gasteiger partial charge < -0.3 is 5.11 Å². The third-order valence-corrected chi connectivity index (χ3v) is 1.65. The van der Waals surface area contributed by atoms with Gasteiger partial charge in [-0.2, -0.15) is 5.26 Å². The molecule has 0 radical (unpaired) electrons. The van der Waals surface area contributed by atoms with Crippen LogP contribution in [0.15, 0.2) is 30.3 Å². The lowest BCUT2D eigenvalue weighted by molar-refractivity contribution is -0.131. The minimum atomic E-state index is -0.976. The molecule has 0 saturated carbocycles. The Bertz CT molecular complexity index is 402. The number of nitriles is 1. The van der Waals surface area contributed by atoms with Crippen molar-refractivity contribution in [1.82, 2.24) is 0 Å². The Morgan fingerprint density at radius 2 is 2.36 bits per heavy atom. The predicted molar refractivity (Wildman–Crippen MR) is 52.4 cm³/mol. The maximum absolute atomic E-state index is 10.2. The lowest BCUT2D eigenvalue weighted by atomic mass is 10.1. The van der Waals surface area contributed by atoms with Gasteiger partial charge in [0, 0.05) is 6.08 Å². The fraction of sp³-hybridized carbons (Fsp3) is 0.0909. The number of carboxylic acids is 1. The normalized spacial score (nSPS) is 9.93. The van der Waals surface area contributed by atoms with E-state index in [0.717, 1.165) is 17.2 Å². The highest BCUT2D eigenvalue weighted by molar-refractivity contribution is 5.85. The summed E-state index contributed by atoms with van der Waals surface area (Å²) >= 11 is 0. The van der Waals surface area contributed by atoms with Gasteiger partial charge in [-0.05, 0) is 17.2 Å². The predicted octanol–water partition coefficient (Wildman–Crippen LogP) is 1.85. The second kappa shape index (κ2) is 4.83. The molecule has 0 aliphatic carbocycles. The largest absolute Gasteiger partial charge is 0.478 e. The summed E-state index contributed by atoms with van der Waals surface area (Å²) in [5.41, 5.74) is 1.68. The molecule has 0 aliphatic rings. The van der Waals surface area contributed by atoms with E-state index in [1.807, 2.05) is 12.1 Å². The van der Waals surface area contributed by atoms with Crippen LogP contribution in [0, 0.1) is 11.3 Å². The Morgan fingerprint density at radius 3 is 3.00 bits per heavy atom. The molecule has 0 saturated heterocycles. The van der Waals surface area contributed by atoms with Gasteiger partial charge in [0.05, 0.1) is 12.5 Å². The molecular formula is C11H9NO2. The van der Waals surface area contributed by atoms with Crippen molar-refractivity contribution in [2.45, 2.75) is 6.42 Å². The molecule has 0 amide bonds. The Hall–Kier alpha value is -2.08. The van der Waals surface area contributed by atoms with Gasteiger partial charge >= 0.3 is 5.97 Å². The maximum Gasteiger partial charge on any atom is 0.328 e. The Morgan fingerprint density at radius 1 is 1.57 bits per heavy atom. The van der Waals surface area contributed by atoms with Crippen LogP contribution >= 0.6 is 0 Å². The molecule has 0 atom stereocenters. The van der Waals surface area contributed by atoms with Crippen molar-refractivity contribution in [3.63, 3.8) is 0 Å². The van der Waals surface area contributed by atoms with E-state index in [9.17, 15) is 4.79 Å². The van der Waals surface area contributed by atoms with Crippen LogP contribution in [0.3, 0.4) is 0 Å². The van der Waals surface area contributed by atoms with Gasteiger partial charge in [-0.15, -0.1) is 0 Å². The molecule has 70 valence electrons. The van der Waals surface area contributed by atoms with Crippen molar-refractivity contribution < 1.29 is 9.90 Å². The van der Waals surface area contributed by atoms with Gasteiger partial charge in [-0.1, -0.05) is 24.3 Å². The molecule has 0 aromatic heterocycles. The fourth-order valence-corrected chi connectivity index (χ4v) is 1.07. The smallest absolute Gasteiger partial charge is 0.328 e. The van der Waals surface area contributed by atoms with Crippen LogP contribution < -0.4 is 0 Å². The topological polar surface area (TPSA) is 61.1 Å².